The van der Waals surface area contributed by atoms with Crippen LogP contribution in [0.25, 0.3) is 0 Å². The van der Waals surface area contributed by atoms with Crippen LogP contribution >= 0.6 is 0 Å². The summed E-state index contributed by atoms with van der Waals surface area (Å²) in [4.78, 5) is 18.4. The zero-order chi connectivity index (χ0) is 16.9. The molecule has 0 bridgehead atoms. The average molecular weight is 326 g/mol. The first-order valence-corrected chi connectivity index (χ1v) is 8.21. The van der Waals surface area contributed by atoms with E-state index in [4.69, 9.17) is 4.74 Å². The highest BCUT2D eigenvalue weighted by molar-refractivity contribution is 5.94. The molecule has 1 atom stereocenters. The summed E-state index contributed by atoms with van der Waals surface area (Å²) in [7, 11) is 1.55. The molecule has 5 heteroatoms. The molecule has 0 aliphatic carbocycles. The molecule has 1 aliphatic rings. The number of piperidine rings is 1. The molecular weight excluding hydrogens is 304 g/mol. The van der Waals surface area contributed by atoms with Gasteiger partial charge < -0.3 is 14.7 Å². The van der Waals surface area contributed by atoms with E-state index in [1.807, 2.05) is 35.2 Å². The van der Waals surface area contributed by atoms with Crippen LogP contribution in [0.3, 0.4) is 0 Å². The minimum absolute atomic E-state index is 0.0159. The largest absolute Gasteiger partial charge is 0.481 e. The van der Waals surface area contributed by atoms with Gasteiger partial charge in [0.25, 0.3) is 5.91 Å². The number of ether oxygens (including phenoxy) is 1. The lowest BCUT2D eigenvalue weighted by molar-refractivity contribution is 0.0462. The van der Waals surface area contributed by atoms with E-state index in [9.17, 15) is 9.90 Å². The topological polar surface area (TPSA) is 62.7 Å². The Hall–Kier alpha value is -2.40. The van der Waals surface area contributed by atoms with Crippen LogP contribution in [-0.2, 0) is 0 Å². The third-order valence-corrected chi connectivity index (χ3v) is 4.61. The lowest BCUT2D eigenvalue weighted by Crippen LogP contribution is -2.39. The Bertz CT molecular complexity index is 665. The highest BCUT2D eigenvalue weighted by atomic mass is 16.5. The quantitative estimate of drug-likeness (QED) is 0.938. The number of benzene rings is 1. The van der Waals surface area contributed by atoms with Crippen LogP contribution in [0.4, 0.5) is 0 Å². The van der Waals surface area contributed by atoms with Gasteiger partial charge in [0.2, 0.25) is 5.88 Å². The van der Waals surface area contributed by atoms with E-state index in [1.165, 1.54) is 0 Å². The normalized spacial score (nSPS) is 16.7. The second-order valence-corrected chi connectivity index (χ2v) is 6.07. The van der Waals surface area contributed by atoms with E-state index >= 15 is 0 Å². The van der Waals surface area contributed by atoms with Gasteiger partial charge in [0.15, 0.2) is 0 Å². The van der Waals surface area contributed by atoms with Gasteiger partial charge in [-0.15, -0.1) is 0 Å². The van der Waals surface area contributed by atoms with Crippen molar-refractivity contribution >= 4 is 5.91 Å². The van der Waals surface area contributed by atoms with E-state index in [2.05, 4.69) is 4.98 Å². The summed E-state index contributed by atoms with van der Waals surface area (Å²) in [5.41, 5.74) is 1.51. The molecule has 1 aromatic carbocycles. The Morgan fingerprint density at radius 2 is 1.92 bits per heavy atom. The minimum atomic E-state index is -0.467. The van der Waals surface area contributed by atoms with E-state index in [1.54, 1.807) is 25.4 Å². The number of hydrogen-bond acceptors (Lipinski definition) is 4. The molecule has 1 aliphatic heterocycles. The van der Waals surface area contributed by atoms with E-state index < -0.39 is 6.10 Å². The number of amides is 1. The molecule has 1 saturated heterocycles. The maximum Gasteiger partial charge on any atom is 0.255 e. The highest BCUT2D eigenvalue weighted by Crippen LogP contribution is 2.31. The average Bonchev–Trinajstić information content (AvgIpc) is 2.68. The summed E-state index contributed by atoms with van der Waals surface area (Å²) in [6.07, 6.45) is 2.68. The molecule has 24 heavy (non-hydrogen) atoms. The SMILES string of the molecule is COc1ccc(C(=O)N2CCC(C(O)c3ccccc3)CC2)cn1. The van der Waals surface area contributed by atoms with Crippen molar-refractivity contribution in [2.75, 3.05) is 20.2 Å². The minimum Gasteiger partial charge on any atom is -0.481 e. The van der Waals surface area contributed by atoms with Crippen molar-refractivity contribution in [3.63, 3.8) is 0 Å². The molecule has 0 spiro atoms. The fourth-order valence-corrected chi connectivity index (χ4v) is 3.15. The molecule has 1 aromatic heterocycles. The van der Waals surface area contributed by atoms with Crippen molar-refractivity contribution in [2.45, 2.75) is 18.9 Å². The molecule has 0 radical (unpaired) electrons. The van der Waals surface area contributed by atoms with E-state index in [0.717, 1.165) is 18.4 Å². The van der Waals surface area contributed by atoms with Crippen molar-refractivity contribution in [3.05, 3.63) is 59.8 Å². The van der Waals surface area contributed by atoms with Gasteiger partial charge in [-0.25, -0.2) is 4.98 Å². The molecule has 1 unspecified atom stereocenters. The van der Waals surface area contributed by atoms with Crippen LogP contribution < -0.4 is 4.74 Å². The monoisotopic (exact) mass is 326 g/mol. The Morgan fingerprint density at radius 1 is 1.21 bits per heavy atom. The summed E-state index contributed by atoms with van der Waals surface area (Å²) in [6.45, 7) is 1.30. The van der Waals surface area contributed by atoms with Crippen molar-refractivity contribution in [3.8, 4) is 5.88 Å². The van der Waals surface area contributed by atoms with Crippen LogP contribution in [0.1, 0.15) is 34.9 Å². The first-order valence-electron chi connectivity index (χ1n) is 8.21. The number of carbonyl (C=O) groups excluding carboxylic acids is 1. The number of carbonyl (C=O) groups is 1. The molecule has 126 valence electrons. The molecule has 5 nitrogen and oxygen atoms in total. The Labute approximate surface area is 141 Å². The lowest BCUT2D eigenvalue weighted by Gasteiger charge is -2.34. The van der Waals surface area contributed by atoms with Gasteiger partial charge in [0.05, 0.1) is 18.8 Å². The Morgan fingerprint density at radius 3 is 2.50 bits per heavy atom. The zero-order valence-corrected chi connectivity index (χ0v) is 13.8. The Balaban J connectivity index is 1.59. The number of methoxy groups -OCH3 is 1. The first-order chi connectivity index (χ1) is 11.7. The van der Waals surface area contributed by atoms with E-state index in [0.29, 0.717) is 24.5 Å². The summed E-state index contributed by atoms with van der Waals surface area (Å²) in [6, 6.07) is 13.1. The standard InChI is InChI=1S/C19H22N2O3/c1-24-17-8-7-16(13-20-17)19(23)21-11-9-15(10-12-21)18(22)14-5-3-2-4-6-14/h2-8,13,15,18,22H,9-12H2,1H3. The molecule has 1 fully saturated rings. The smallest absolute Gasteiger partial charge is 0.255 e. The third kappa shape index (κ3) is 3.57. The van der Waals surface area contributed by atoms with Gasteiger partial charge in [-0.3, -0.25) is 4.79 Å². The number of likely N-dealkylation sites (tertiary alicyclic amines) is 1. The van der Waals surface area contributed by atoms with Crippen molar-refractivity contribution in [2.24, 2.45) is 5.92 Å². The number of hydrogen-bond donors (Lipinski definition) is 1. The van der Waals surface area contributed by atoms with Crippen LogP contribution in [0, 0.1) is 5.92 Å². The number of rotatable bonds is 4. The third-order valence-electron chi connectivity index (χ3n) is 4.61. The van der Waals surface area contributed by atoms with Gasteiger partial charge in [0.1, 0.15) is 0 Å². The molecule has 2 heterocycles. The summed E-state index contributed by atoms with van der Waals surface area (Å²) in [5.74, 6) is 0.666. The van der Waals surface area contributed by atoms with Crippen molar-refractivity contribution in [1.82, 2.24) is 9.88 Å². The van der Waals surface area contributed by atoms with Gasteiger partial charge in [-0.1, -0.05) is 30.3 Å². The maximum atomic E-state index is 12.5. The summed E-state index contributed by atoms with van der Waals surface area (Å²) in [5, 5.41) is 10.5. The second kappa shape index (κ2) is 7.45. The van der Waals surface area contributed by atoms with Crippen LogP contribution in [0.5, 0.6) is 5.88 Å². The van der Waals surface area contributed by atoms with Gasteiger partial charge in [-0.2, -0.15) is 0 Å². The second-order valence-electron chi connectivity index (χ2n) is 6.07. The predicted octanol–water partition coefficient (Wildman–Crippen LogP) is 2.68. The van der Waals surface area contributed by atoms with E-state index in [-0.39, 0.29) is 11.8 Å². The molecule has 3 rings (SSSR count). The molecule has 1 amide bonds. The fraction of sp³-hybridized carbons (Fsp3) is 0.368. The van der Waals surface area contributed by atoms with Crippen LogP contribution in [0.15, 0.2) is 48.7 Å². The van der Waals surface area contributed by atoms with Crippen molar-refractivity contribution in [1.29, 1.82) is 0 Å². The van der Waals surface area contributed by atoms with Crippen LogP contribution in [0.2, 0.25) is 0 Å². The van der Waals surface area contributed by atoms with Crippen molar-refractivity contribution < 1.29 is 14.6 Å². The zero-order valence-electron chi connectivity index (χ0n) is 13.8. The van der Waals surface area contributed by atoms with Crippen LogP contribution in [-0.4, -0.2) is 41.1 Å². The number of pyridine rings is 1. The first kappa shape index (κ1) is 16.5. The van der Waals surface area contributed by atoms with Gasteiger partial charge in [-0.05, 0) is 30.4 Å². The molecule has 1 N–H and O–H groups in total. The summed E-state index contributed by atoms with van der Waals surface area (Å²) < 4.78 is 5.01. The lowest BCUT2D eigenvalue weighted by atomic mass is 9.87. The highest BCUT2D eigenvalue weighted by Gasteiger charge is 2.28. The Kier molecular flexibility index (Phi) is 5.11. The fourth-order valence-electron chi connectivity index (χ4n) is 3.15. The maximum absolute atomic E-state index is 12.5. The van der Waals surface area contributed by atoms with Gasteiger partial charge >= 0.3 is 0 Å². The number of aliphatic hydroxyl groups is 1. The number of aliphatic hydroxyl groups excluding tert-OH is 1. The number of nitrogens with zero attached hydrogens (tertiary/aromatic N) is 2. The molecule has 2 aromatic rings. The van der Waals surface area contributed by atoms with Gasteiger partial charge in [0, 0.05) is 25.4 Å². The summed E-state index contributed by atoms with van der Waals surface area (Å²) >= 11 is 0. The molecular formula is C19H22N2O3. The predicted molar refractivity (Wildman–Crippen MR) is 90.8 cm³/mol. The molecule has 0 saturated carbocycles. The number of aromatic nitrogens is 1.